The number of ether oxygens (including phenoxy) is 1. The summed E-state index contributed by atoms with van der Waals surface area (Å²) in [5, 5.41) is 0. The highest BCUT2D eigenvalue weighted by atomic mass is 19.1. The summed E-state index contributed by atoms with van der Waals surface area (Å²) in [6.45, 7) is 2.03. The van der Waals surface area contributed by atoms with E-state index in [2.05, 4.69) is 4.98 Å². The van der Waals surface area contributed by atoms with E-state index in [0.717, 1.165) is 5.56 Å². The van der Waals surface area contributed by atoms with E-state index in [9.17, 15) is 4.39 Å². The van der Waals surface area contributed by atoms with Crippen LogP contribution in [-0.2, 0) is 6.54 Å². The van der Waals surface area contributed by atoms with Gasteiger partial charge in [-0.05, 0) is 30.7 Å². The highest BCUT2D eigenvalue weighted by Gasteiger charge is 2.09. The van der Waals surface area contributed by atoms with Crippen LogP contribution in [-0.4, -0.2) is 4.98 Å². The van der Waals surface area contributed by atoms with Crippen LogP contribution < -0.4 is 10.5 Å². The Morgan fingerprint density at radius 3 is 2.88 bits per heavy atom. The molecule has 0 aliphatic heterocycles. The van der Waals surface area contributed by atoms with Gasteiger partial charge < -0.3 is 10.5 Å². The van der Waals surface area contributed by atoms with E-state index in [0.29, 0.717) is 17.2 Å². The number of hydrogen-bond donors (Lipinski definition) is 1. The van der Waals surface area contributed by atoms with Crippen molar-refractivity contribution in [2.45, 2.75) is 13.5 Å². The SMILES string of the molecule is Cc1ccnc(Oc2cccc(F)c2CN)c1. The number of nitrogens with zero attached hydrogens (tertiary/aromatic N) is 1. The van der Waals surface area contributed by atoms with Crippen LogP contribution in [0.15, 0.2) is 36.5 Å². The largest absolute Gasteiger partial charge is 0.439 e. The topological polar surface area (TPSA) is 48.1 Å². The van der Waals surface area contributed by atoms with E-state index < -0.39 is 0 Å². The maximum atomic E-state index is 13.5. The molecule has 3 nitrogen and oxygen atoms in total. The van der Waals surface area contributed by atoms with Gasteiger partial charge in [-0.15, -0.1) is 0 Å². The van der Waals surface area contributed by atoms with Gasteiger partial charge in [0.15, 0.2) is 0 Å². The summed E-state index contributed by atoms with van der Waals surface area (Å²) in [4.78, 5) is 4.05. The van der Waals surface area contributed by atoms with Crippen molar-refractivity contribution >= 4 is 0 Å². The van der Waals surface area contributed by atoms with Crippen LogP contribution in [0.1, 0.15) is 11.1 Å². The quantitative estimate of drug-likeness (QED) is 0.885. The minimum atomic E-state index is -0.363. The lowest BCUT2D eigenvalue weighted by atomic mass is 10.2. The van der Waals surface area contributed by atoms with Crippen LogP contribution in [0.3, 0.4) is 0 Å². The molecule has 0 spiro atoms. The van der Waals surface area contributed by atoms with Crippen LogP contribution in [0.5, 0.6) is 11.6 Å². The van der Waals surface area contributed by atoms with Crippen molar-refractivity contribution in [1.29, 1.82) is 0 Å². The molecule has 0 radical (unpaired) electrons. The number of pyridine rings is 1. The first-order valence-corrected chi connectivity index (χ1v) is 5.28. The van der Waals surface area contributed by atoms with Gasteiger partial charge in [-0.3, -0.25) is 0 Å². The third-order valence-electron chi connectivity index (χ3n) is 2.38. The van der Waals surface area contributed by atoms with Crippen molar-refractivity contribution in [2.75, 3.05) is 0 Å². The summed E-state index contributed by atoms with van der Waals surface area (Å²) in [6, 6.07) is 8.26. The molecule has 2 aromatic rings. The number of halogens is 1. The molecule has 2 N–H and O–H groups in total. The highest BCUT2D eigenvalue weighted by Crippen LogP contribution is 2.25. The molecule has 17 heavy (non-hydrogen) atoms. The predicted octanol–water partition coefficient (Wildman–Crippen LogP) is 2.78. The molecule has 0 saturated carbocycles. The van der Waals surface area contributed by atoms with Crippen molar-refractivity contribution in [3.8, 4) is 11.6 Å². The number of benzene rings is 1. The predicted molar refractivity (Wildman–Crippen MR) is 63.3 cm³/mol. The standard InChI is InChI=1S/C13H13FN2O/c1-9-5-6-16-13(7-9)17-12-4-2-3-11(14)10(12)8-15/h2-7H,8,15H2,1H3. The van der Waals surface area contributed by atoms with Gasteiger partial charge in [-0.2, -0.15) is 0 Å². The maximum absolute atomic E-state index is 13.5. The van der Waals surface area contributed by atoms with Crippen molar-refractivity contribution in [3.63, 3.8) is 0 Å². The van der Waals surface area contributed by atoms with Crippen molar-refractivity contribution < 1.29 is 9.13 Å². The monoisotopic (exact) mass is 232 g/mol. The number of aryl methyl sites for hydroxylation is 1. The number of rotatable bonds is 3. The Bertz CT molecular complexity index is 529. The summed E-state index contributed by atoms with van der Waals surface area (Å²) in [6.07, 6.45) is 1.64. The van der Waals surface area contributed by atoms with Crippen LogP contribution in [0.2, 0.25) is 0 Å². The van der Waals surface area contributed by atoms with Gasteiger partial charge in [-0.25, -0.2) is 9.37 Å². The van der Waals surface area contributed by atoms with Crippen molar-refractivity contribution in [3.05, 3.63) is 53.5 Å². The Morgan fingerprint density at radius 2 is 2.18 bits per heavy atom. The van der Waals surface area contributed by atoms with Gasteiger partial charge in [0.25, 0.3) is 0 Å². The zero-order valence-corrected chi connectivity index (χ0v) is 9.48. The molecule has 0 atom stereocenters. The molecule has 88 valence electrons. The second-order valence-corrected chi connectivity index (χ2v) is 3.69. The molecule has 0 unspecified atom stereocenters. The van der Waals surface area contributed by atoms with E-state index in [4.69, 9.17) is 10.5 Å². The minimum absolute atomic E-state index is 0.0911. The molecule has 2 rings (SSSR count). The van der Waals surface area contributed by atoms with E-state index in [1.807, 2.05) is 13.0 Å². The first kappa shape index (κ1) is 11.5. The molecule has 4 heteroatoms. The summed E-state index contributed by atoms with van der Waals surface area (Å²) in [5.41, 5.74) is 6.88. The Morgan fingerprint density at radius 1 is 1.35 bits per heavy atom. The molecule has 0 amide bonds. The molecular formula is C13H13FN2O. The Hall–Kier alpha value is -1.94. The first-order chi connectivity index (χ1) is 8.20. The average Bonchev–Trinajstić information content (AvgIpc) is 2.29. The lowest BCUT2D eigenvalue weighted by Crippen LogP contribution is -2.03. The second kappa shape index (κ2) is 4.93. The van der Waals surface area contributed by atoms with Gasteiger partial charge in [0.1, 0.15) is 11.6 Å². The molecule has 1 aromatic carbocycles. The molecule has 1 aromatic heterocycles. The van der Waals surface area contributed by atoms with Gasteiger partial charge in [0.05, 0.1) is 0 Å². The van der Waals surface area contributed by atoms with Gasteiger partial charge in [-0.1, -0.05) is 6.07 Å². The highest BCUT2D eigenvalue weighted by molar-refractivity contribution is 5.37. The Balaban J connectivity index is 2.33. The Labute approximate surface area is 99.1 Å². The molecule has 0 aliphatic rings. The van der Waals surface area contributed by atoms with Crippen molar-refractivity contribution in [1.82, 2.24) is 4.98 Å². The van der Waals surface area contributed by atoms with Crippen LogP contribution in [0.25, 0.3) is 0 Å². The third kappa shape index (κ3) is 2.60. The maximum Gasteiger partial charge on any atom is 0.219 e. The summed E-state index contributed by atoms with van der Waals surface area (Å²) < 4.78 is 19.0. The van der Waals surface area contributed by atoms with E-state index in [-0.39, 0.29) is 12.4 Å². The van der Waals surface area contributed by atoms with E-state index >= 15 is 0 Å². The normalized spacial score (nSPS) is 10.3. The zero-order valence-electron chi connectivity index (χ0n) is 9.48. The fourth-order valence-electron chi connectivity index (χ4n) is 1.51. The zero-order chi connectivity index (χ0) is 12.3. The van der Waals surface area contributed by atoms with Crippen LogP contribution >= 0.6 is 0 Å². The smallest absolute Gasteiger partial charge is 0.219 e. The summed E-state index contributed by atoms with van der Waals surface area (Å²) >= 11 is 0. The second-order valence-electron chi connectivity index (χ2n) is 3.69. The van der Waals surface area contributed by atoms with Gasteiger partial charge in [0.2, 0.25) is 5.88 Å². The minimum Gasteiger partial charge on any atom is -0.439 e. The number of hydrogen-bond acceptors (Lipinski definition) is 3. The molecule has 0 fully saturated rings. The number of nitrogens with two attached hydrogens (primary N) is 1. The Kier molecular flexibility index (Phi) is 3.35. The van der Waals surface area contributed by atoms with E-state index in [1.54, 1.807) is 24.4 Å². The van der Waals surface area contributed by atoms with E-state index in [1.165, 1.54) is 6.07 Å². The molecule has 0 saturated heterocycles. The summed E-state index contributed by atoms with van der Waals surface area (Å²) in [7, 11) is 0. The lowest BCUT2D eigenvalue weighted by Gasteiger charge is -2.09. The fourth-order valence-corrected chi connectivity index (χ4v) is 1.51. The molecule has 0 bridgehead atoms. The summed E-state index contributed by atoms with van der Waals surface area (Å²) in [5.74, 6) is 0.480. The van der Waals surface area contributed by atoms with Gasteiger partial charge >= 0.3 is 0 Å². The molecule has 1 heterocycles. The average molecular weight is 232 g/mol. The fraction of sp³-hybridized carbons (Fsp3) is 0.154. The third-order valence-corrected chi connectivity index (χ3v) is 2.38. The molecular weight excluding hydrogens is 219 g/mol. The molecule has 0 aliphatic carbocycles. The first-order valence-electron chi connectivity index (χ1n) is 5.28. The van der Waals surface area contributed by atoms with Gasteiger partial charge in [0, 0.05) is 24.4 Å². The lowest BCUT2D eigenvalue weighted by molar-refractivity contribution is 0.449. The number of aromatic nitrogens is 1. The van der Waals surface area contributed by atoms with Crippen LogP contribution in [0, 0.1) is 12.7 Å². The van der Waals surface area contributed by atoms with Crippen LogP contribution in [0.4, 0.5) is 4.39 Å². The van der Waals surface area contributed by atoms with Crippen molar-refractivity contribution in [2.24, 2.45) is 5.73 Å².